The standard InChI is InChI=1S/C12H16N2O2/c1-2-10(9-6-4-3-5-7-9)14-11(8-15)12(13)16/h2-7,10-11,14-15H,1,8H2,(H2,13,16)/t10-,11-/m0/s1. The van der Waals surface area contributed by atoms with Gasteiger partial charge in [-0.3, -0.25) is 10.1 Å². The molecule has 0 saturated heterocycles. The minimum Gasteiger partial charge on any atom is -0.394 e. The van der Waals surface area contributed by atoms with Crippen LogP contribution in [0.1, 0.15) is 11.6 Å². The van der Waals surface area contributed by atoms with E-state index in [1.807, 2.05) is 30.3 Å². The van der Waals surface area contributed by atoms with Gasteiger partial charge in [0.05, 0.1) is 12.6 Å². The monoisotopic (exact) mass is 220 g/mol. The molecule has 1 amide bonds. The third-order valence-corrected chi connectivity index (χ3v) is 2.30. The summed E-state index contributed by atoms with van der Waals surface area (Å²) in [5.41, 5.74) is 6.10. The molecule has 1 aromatic rings. The van der Waals surface area contributed by atoms with Crippen LogP contribution in [0.4, 0.5) is 0 Å². The molecule has 4 heteroatoms. The molecule has 1 aromatic carbocycles. The zero-order chi connectivity index (χ0) is 12.0. The average molecular weight is 220 g/mol. The summed E-state index contributed by atoms with van der Waals surface area (Å²) in [6, 6.07) is 8.55. The molecular weight excluding hydrogens is 204 g/mol. The maximum Gasteiger partial charge on any atom is 0.236 e. The Morgan fingerprint density at radius 2 is 2.12 bits per heavy atom. The van der Waals surface area contributed by atoms with Crippen LogP contribution in [0.3, 0.4) is 0 Å². The lowest BCUT2D eigenvalue weighted by Gasteiger charge is -2.20. The summed E-state index contributed by atoms with van der Waals surface area (Å²) < 4.78 is 0. The number of rotatable bonds is 6. The second-order valence-electron chi connectivity index (χ2n) is 3.43. The van der Waals surface area contributed by atoms with Crippen molar-refractivity contribution in [2.45, 2.75) is 12.1 Å². The summed E-state index contributed by atoms with van der Waals surface area (Å²) in [6.07, 6.45) is 1.67. The molecule has 0 unspecified atom stereocenters. The molecule has 0 aromatic heterocycles. The first-order valence-electron chi connectivity index (χ1n) is 5.02. The highest BCUT2D eigenvalue weighted by Gasteiger charge is 2.17. The number of hydrogen-bond donors (Lipinski definition) is 3. The molecule has 1 rings (SSSR count). The van der Waals surface area contributed by atoms with Crippen LogP contribution >= 0.6 is 0 Å². The lowest BCUT2D eigenvalue weighted by Crippen LogP contribution is -2.45. The number of primary amides is 1. The Morgan fingerprint density at radius 1 is 1.50 bits per heavy atom. The van der Waals surface area contributed by atoms with E-state index in [2.05, 4.69) is 11.9 Å². The zero-order valence-electron chi connectivity index (χ0n) is 8.97. The molecule has 2 atom stereocenters. The molecule has 0 aliphatic heterocycles. The van der Waals surface area contributed by atoms with Gasteiger partial charge in [0.2, 0.25) is 5.91 Å². The van der Waals surface area contributed by atoms with Crippen LogP contribution in [0, 0.1) is 0 Å². The SMILES string of the molecule is C=C[C@H](N[C@@H](CO)C(N)=O)c1ccccc1. The Hall–Kier alpha value is -1.65. The van der Waals surface area contributed by atoms with Crippen molar-refractivity contribution < 1.29 is 9.90 Å². The molecular formula is C12H16N2O2. The van der Waals surface area contributed by atoms with Gasteiger partial charge in [0.25, 0.3) is 0 Å². The summed E-state index contributed by atoms with van der Waals surface area (Å²) >= 11 is 0. The molecule has 4 nitrogen and oxygen atoms in total. The Balaban J connectivity index is 2.76. The number of carbonyl (C=O) groups excluding carboxylic acids is 1. The maximum absolute atomic E-state index is 11.0. The predicted octanol–water partition coefficient (Wildman–Crippen LogP) is 0.350. The van der Waals surface area contributed by atoms with Gasteiger partial charge in [-0.15, -0.1) is 6.58 Å². The molecule has 0 fully saturated rings. The summed E-state index contributed by atoms with van der Waals surface area (Å²) in [6.45, 7) is 3.36. The van der Waals surface area contributed by atoms with Crippen molar-refractivity contribution in [2.75, 3.05) is 6.61 Å². The van der Waals surface area contributed by atoms with E-state index in [1.54, 1.807) is 6.08 Å². The summed E-state index contributed by atoms with van der Waals surface area (Å²) in [5.74, 6) is -0.578. The van der Waals surface area contributed by atoms with Crippen molar-refractivity contribution in [3.05, 3.63) is 48.6 Å². The van der Waals surface area contributed by atoms with Crippen molar-refractivity contribution in [3.63, 3.8) is 0 Å². The van der Waals surface area contributed by atoms with Crippen LogP contribution in [-0.2, 0) is 4.79 Å². The van der Waals surface area contributed by atoms with Crippen molar-refractivity contribution in [1.82, 2.24) is 5.32 Å². The fraction of sp³-hybridized carbons (Fsp3) is 0.250. The van der Waals surface area contributed by atoms with Crippen LogP contribution in [0.25, 0.3) is 0 Å². The summed E-state index contributed by atoms with van der Waals surface area (Å²) in [5, 5.41) is 11.9. The number of carbonyl (C=O) groups is 1. The maximum atomic E-state index is 11.0. The second-order valence-corrected chi connectivity index (χ2v) is 3.43. The lowest BCUT2D eigenvalue weighted by atomic mass is 10.1. The normalized spacial score (nSPS) is 14.1. The van der Waals surface area contributed by atoms with E-state index in [4.69, 9.17) is 10.8 Å². The number of benzene rings is 1. The van der Waals surface area contributed by atoms with E-state index >= 15 is 0 Å². The molecule has 0 saturated carbocycles. The van der Waals surface area contributed by atoms with Gasteiger partial charge < -0.3 is 10.8 Å². The smallest absolute Gasteiger partial charge is 0.236 e. The van der Waals surface area contributed by atoms with Crippen molar-refractivity contribution >= 4 is 5.91 Å². The van der Waals surface area contributed by atoms with E-state index in [-0.39, 0.29) is 12.6 Å². The van der Waals surface area contributed by atoms with E-state index in [9.17, 15) is 4.79 Å². The molecule has 0 radical (unpaired) electrons. The van der Waals surface area contributed by atoms with Crippen LogP contribution in [0.15, 0.2) is 43.0 Å². The topological polar surface area (TPSA) is 75.3 Å². The van der Waals surface area contributed by atoms with E-state index < -0.39 is 11.9 Å². The third-order valence-electron chi connectivity index (χ3n) is 2.30. The number of hydrogen-bond acceptors (Lipinski definition) is 3. The highest BCUT2D eigenvalue weighted by molar-refractivity contribution is 5.80. The van der Waals surface area contributed by atoms with Crippen molar-refractivity contribution in [2.24, 2.45) is 5.73 Å². The van der Waals surface area contributed by atoms with E-state index in [0.29, 0.717) is 0 Å². The minimum atomic E-state index is -0.761. The van der Waals surface area contributed by atoms with E-state index in [1.165, 1.54) is 0 Å². The largest absolute Gasteiger partial charge is 0.394 e. The van der Waals surface area contributed by atoms with Gasteiger partial charge >= 0.3 is 0 Å². The average Bonchev–Trinajstić information content (AvgIpc) is 2.31. The Labute approximate surface area is 94.8 Å². The van der Waals surface area contributed by atoms with Crippen LogP contribution in [0.2, 0.25) is 0 Å². The van der Waals surface area contributed by atoms with Gasteiger partial charge in [-0.05, 0) is 5.56 Å². The Kier molecular flexibility index (Phi) is 4.69. The molecule has 4 N–H and O–H groups in total. The van der Waals surface area contributed by atoms with Gasteiger partial charge in [0.15, 0.2) is 0 Å². The van der Waals surface area contributed by atoms with Gasteiger partial charge in [-0.1, -0.05) is 36.4 Å². The minimum absolute atomic E-state index is 0.203. The summed E-state index contributed by atoms with van der Waals surface area (Å²) in [7, 11) is 0. The number of nitrogens with two attached hydrogens (primary N) is 1. The first kappa shape index (κ1) is 12.4. The number of nitrogens with one attached hydrogen (secondary N) is 1. The van der Waals surface area contributed by atoms with Crippen LogP contribution in [0.5, 0.6) is 0 Å². The third kappa shape index (κ3) is 3.18. The zero-order valence-corrected chi connectivity index (χ0v) is 8.97. The first-order valence-corrected chi connectivity index (χ1v) is 5.02. The van der Waals surface area contributed by atoms with Crippen LogP contribution in [-0.4, -0.2) is 23.7 Å². The molecule has 86 valence electrons. The van der Waals surface area contributed by atoms with Crippen molar-refractivity contribution in [1.29, 1.82) is 0 Å². The van der Waals surface area contributed by atoms with Gasteiger partial charge in [0, 0.05) is 0 Å². The lowest BCUT2D eigenvalue weighted by molar-refractivity contribution is -0.121. The molecule has 0 spiro atoms. The van der Waals surface area contributed by atoms with Crippen molar-refractivity contribution in [3.8, 4) is 0 Å². The van der Waals surface area contributed by atoms with Gasteiger partial charge in [0.1, 0.15) is 6.04 Å². The second kappa shape index (κ2) is 6.05. The molecule has 16 heavy (non-hydrogen) atoms. The highest BCUT2D eigenvalue weighted by atomic mass is 16.3. The number of amides is 1. The molecule has 0 aliphatic carbocycles. The quantitative estimate of drug-likeness (QED) is 0.605. The fourth-order valence-corrected chi connectivity index (χ4v) is 1.40. The van der Waals surface area contributed by atoms with Gasteiger partial charge in [-0.2, -0.15) is 0 Å². The first-order chi connectivity index (χ1) is 7.69. The fourth-order valence-electron chi connectivity index (χ4n) is 1.40. The Morgan fingerprint density at radius 3 is 2.56 bits per heavy atom. The molecule has 0 bridgehead atoms. The number of aliphatic hydroxyl groups excluding tert-OH is 1. The molecule has 0 heterocycles. The summed E-state index contributed by atoms with van der Waals surface area (Å²) in [4.78, 5) is 11.0. The van der Waals surface area contributed by atoms with E-state index in [0.717, 1.165) is 5.56 Å². The highest BCUT2D eigenvalue weighted by Crippen LogP contribution is 2.13. The van der Waals surface area contributed by atoms with Crippen LogP contribution < -0.4 is 11.1 Å². The molecule has 0 aliphatic rings. The number of aliphatic hydroxyl groups is 1. The Bertz CT molecular complexity index is 351. The predicted molar refractivity (Wildman–Crippen MR) is 62.6 cm³/mol. The van der Waals surface area contributed by atoms with Gasteiger partial charge in [-0.25, -0.2) is 0 Å².